The molecule has 0 amide bonds. The highest BCUT2D eigenvalue weighted by Gasteiger charge is 2.54. The number of rotatable bonds is 26. The van der Waals surface area contributed by atoms with Crippen molar-refractivity contribution in [3.8, 4) is 0 Å². The number of ether oxygens (including phenoxy) is 16. The minimum absolute atomic E-state index is 0.0123. The second-order valence-electron chi connectivity index (χ2n) is 20.9. The molecule has 0 aromatic rings. The van der Waals surface area contributed by atoms with Crippen molar-refractivity contribution in [2.24, 2.45) is 0 Å². The van der Waals surface area contributed by atoms with Crippen LogP contribution in [0.5, 0.6) is 0 Å². The average Bonchev–Trinajstić information content (AvgIpc) is 1.68. The molecule has 36 heteroatoms. The first-order valence-corrected chi connectivity index (χ1v) is 28.6. The lowest BCUT2D eigenvalue weighted by Gasteiger charge is -2.17. The molecule has 8 fully saturated rings. The van der Waals surface area contributed by atoms with E-state index < -0.39 is 169 Å². The van der Waals surface area contributed by atoms with Gasteiger partial charge in [-0.2, -0.15) is 0 Å². The third-order valence-electron chi connectivity index (χ3n) is 13.6. The van der Waals surface area contributed by atoms with E-state index in [0.29, 0.717) is 24.3 Å². The molecule has 0 aromatic heterocycles. The lowest BCUT2D eigenvalue weighted by molar-refractivity contribution is -0.155. The van der Waals surface area contributed by atoms with Gasteiger partial charge in [0.2, 0.25) is 0 Å². The number of aliphatic hydroxyl groups is 3. The fraction of sp³-hybridized carbons (Fsp3) is 0.483. The number of ketones is 1. The van der Waals surface area contributed by atoms with Crippen molar-refractivity contribution in [1.82, 2.24) is 0 Å². The zero-order valence-electron chi connectivity index (χ0n) is 50.7. The number of carbonyl (C=O) groups is 13. The van der Waals surface area contributed by atoms with Crippen LogP contribution in [0.1, 0.15) is 32.6 Å². The minimum atomic E-state index is -1.27. The Kier molecular flexibility index (Phi) is 30.2. The molecule has 524 valence electrons. The van der Waals surface area contributed by atoms with Crippen molar-refractivity contribution in [2.75, 3.05) is 52.9 Å². The summed E-state index contributed by atoms with van der Waals surface area (Å²) in [7, 11) is 0. The number of carboxylic acid groups (broad SMARTS) is 4. The number of carbonyl (C=O) groups excluding carboxylic acids is 9. The van der Waals surface area contributed by atoms with Crippen LogP contribution in [0.25, 0.3) is 0 Å². The molecular formula is C60H68O36. The Bertz CT molecular complexity index is 2790. The summed E-state index contributed by atoms with van der Waals surface area (Å²) in [5.74, 6) is -11.6. The molecule has 0 unspecified atom stereocenters. The lowest BCUT2D eigenvalue weighted by atomic mass is 10.1. The third kappa shape index (κ3) is 25.7. The van der Waals surface area contributed by atoms with Crippen molar-refractivity contribution < 1.29 is 174 Å². The van der Waals surface area contributed by atoms with Gasteiger partial charge in [-0.1, -0.05) is 19.7 Å². The van der Waals surface area contributed by atoms with E-state index in [1.165, 1.54) is 6.92 Å². The number of carboxylic acids is 4. The van der Waals surface area contributed by atoms with Gasteiger partial charge in [0.1, 0.15) is 54.6 Å². The van der Waals surface area contributed by atoms with E-state index in [2.05, 4.69) is 19.7 Å². The second-order valence-corrected chi connectivity index (χ2v) is 20.9. The Hall–Kier alpha value is -9.95. The summed E-state index contributed by atoms with van der Waals surface area (Å²) in [5, 5.41) is 60.6. The van der Waals surface area contributed by atoms with Crippen molar-refractivity contribution in [3.05, 3.63) is 110 Å². The third-order valence-corrected chi connectivity index (χ3v) is 13.6. The van der Waals surface area contributed by atoms with Gasteiger partial charge in [0.25, 0.3) is 0 Å². The Morgan fingerprint density at radius 3 is 0.656 bits per heavy atom. The molecule has 0 bridgehead atoms. The van der Waals surface area contributed by atoms with Gasteiger partial charge in [0, 0.05) is 73.6 Å². The molecule has 0 aliphatic carbocycles. The second kappa shape index (κ2) is 37.8. The van der Waals surface area contributed by atoms with Gasteiger partial charge >= 0.3 is 71.6 Å². The van der Waals surface area contributed by atoms with Crippen molar-refractivity contribution >= 4 is 77.4 Å². The number of allylic oxidation sites excluding steroid dienone is 4. The largest absolute Gasteiger partial charge is 0.513 e. The summed E-state index contributed by atoms with van der Waals surface area (Å²) in [6, 6.07) is 0. The molecule has 8 aliphatic heterocycles. The predicted molar refractivity (Wildman–Crippen MR) is 307 cm³/mol. The fourth-order valence-corrected chi connectivity index (χ4v) is 9.51. The fourth-order valence-electron chi connectivity index (χ4n) is 9.51. The standard InChI is InChI=1S/2C15H18O9.2C15H16O9/c4*1-8(16)2-4-12(19)23-9-6-21-15-10(7-22-14(9)15)24-13(20)5-3-11(17)18/h2*3,5,9-10,14-16H,1-2,4,6-7H2,(H,17,18);2-5,9-10,14-15H,6-7H2,1H3,(H,17,18);2-5,9-10,14-16H,1,6-7H2,(H,17,18)/b5-3+;5-3-;4-2+,5-3-;4-2-,5-3+/t9-,10+,14+,15+;9-,10-,14-,15-;9-,10+,14-,15-;9-,10+,14+,15+/m0110/s1. The summed E-state index contributed by atoms with van der Waals surface area (Å²) < 4.78 is 84.7. The number of aliphatic carboxylic acids is 4. The zero-order chi connectivity index (χ0) is 70.8. The predicted octanol–water partition coefficient (Wildman–Crippen LogP) is -0.529. The van der Waals surface area contributed by atoms with E-state index >= 15 is 0 Å². The minimum Gasteiger partial charge on any atom is -0.513 e. The quantitative estimate of drug-likeness (QED) is 0.0188. The highest BCUT2D eigenvalue weighted by molar-refractivity contribution is 5.95. The van der Waals surface area contributed by atoms with Crippen LogP contribution in [0.3, 0.4) is 0 Å². The topological polar surface area (TPSA) is 511 Å². The molecule has 96 heavy (non-hydrogen) atoms. The van der Waals surface area contributed by atoms with Gasteiger partial charge < -0.3 is 112 Å². The normalized spacial score (nSPS) is 28.7. The van der Waals surface area contributed by atoms with E-state index in [4.69, 9.17) is 112 Å². The first-order valence-electron chi connectivity index (χ1n) is 28.6. The van der Waals surface area contributed by atoms with Crippen LogP contribution in [0.4, 0.5) is 0 Å². The average molecular weight is 1370 g/mol. The maximum Gasteiger partial charge on any atom is 0.331 e. The van der Waals surface area contributed by atoms with Crippen LogP contribution < -0.4 is 0 Å². The van der Waals surface area contributed by atoms with Gasteiger partial charge in [0.05, 0.1) is 77.2 Å². The van der Waals surface area contributed by atoms with E-state index in [9.17, 15) is 62.3 Å². The van der Waals surface area contributed by atoms with Crippen LogP contribution in [0, 0.1) is 0 Å². The van der Waals surface area contributed by atoms with Gasteiger partial charge in [-0.05, 0) is 19.1 Å². The van der Waals surface area contributed by atoms with E-state index in [0.717, 1.165) is 48.6 Å². The molecule has 0 radical (unpaired) electrons. The Balaban J connectivity index is 0.000000231. The van der Waals surface area contributed by atoms with E-state index in [1.807, 2.05) is 0 Å². The Morgan fingerprint density at radius 1 is 0.292 bits per heavy atom. The van der Waals surface area contributed by atoms with Crippen molar-refractivity contribution in [3.63, 3.8) is 0 Å². The highest BCUT2D eigenvalue weighted by atomic mass is 16.7. The number of esters is 8. The SMILES string of the molecule is C=C(O)/C=C\C(=O)O[C@H]1CO[C@H]2[C@@H]1OC[C@H]2OC(=O)/C=C/C(=O)O.C=C(O)CCC(=O)O[C@@H]1CO[C@H]2[C@@H]1OC[C@H]2OC(=O)/C=C\C(=O)O.C=C(O)CCC(=O)O[C@H]1CO[C@H]2[C@@H]1OC[C@H]2OC(=O)/C=C/C(=O)O.CC(=O)/C=C/C(=O)O[C@@H]1CO[C@H]2[C@@H]1OC[C@@H]2OC(=O)/C=C\C(=O)O. The Labute approximate surface area is 543 Å². The van der Waals surface area contributed by atoms with Crippen LogP contribution in [-0.4, -0.2) is 264 Å². The van der Waals surface area contributed by atoms with Gasteiger partial charge in [0.15, 0.2) is 54.6 Å². The highest BCUT2D eigenvalue weighted by Crippen LogP contribution is 2.34. The van der Waals surface area contributed by atoms with Gasteiger partial charge in [-0.15, -0.1) is 0 Å². The molecule has 36 nitrogen and oxygen atoms in total. The molecule has 8 saturated heterocycles. The summed E-state index contributed by atoms with van der Waals surface area (Å²) in [4.78, 5) is 145. The van der Waals surface area contributed by atoms with Crippen molar-refractivity contribution in [2.45, 2.75) is 130 Å². The summed E-state index contributed by atoms with van der Waals surface area (Å²) in [6.07, 6.45) is 0.0285. The van der Waals surface area contributed by atoms with E-state index in [-0.39, 0.29) is 102 Å². The lowest BCUT2D eigenvalue weighted by Crippen LogP contribution is -2.35. The van der Waals surface area contributed by atoms with Crippen LogP contribution in [0.15, 0.2) is 110 Å². The number of hydrogen-bond donors (Lipinski definition) is 7. The van der Waals surface area contributed by atoms with E-state index in [1.54, 1.807) is 0 Å². The Morgan fingerprint density at radius 2 is 0.479 bits per heavy atom. The van der Waals surface area contributed by atoms with Crippen LogP contribution in [0.2, 0.25) is 0 Å². The maximum atomic E-state index is 11.7. The first kappa shape index (κ1) is 76.8. The number of aliphatic hydroxyl groups excluding tert-OH is 3. The molecule has 0 saturated carbocycles. The van der Waals surface area contributed by atoms with Crippen LogP contribution >= 0.6 is 0 Å². The number of hydrogen-bond acceptors (Lipinski definition) is 32. The summed E-state index contributed by atoms with van der Waals surface area (Å²) in [6.45, 7) is 11.6. The molecule has 0 aromatic carbocycles. The van der Waals surface area contributed by atoms with Crippen molar-refractivity contribution in [1.29, 1.82) is 0 Å². The maximum absolute atomic E-state index is 11.7. The smallest absolute Gasteiger partial charge is 0.331 e. The molecule has 8 heterocycles. The number of fused-ring (bicyclic) bond motifs is 4. The zero-order valence-corrected chi connectivity index (χ0v) is 50.7. The molecule has 8 rings (SSSR count). The van der Waals surface area contributed by atoms with Crippen LogP contribution in [-0.2, 0) is 138 Å². The summed E-state index contributed by atoms with van der Waals surface area (Å²) >= 11 is 0. The summed E-state index contributed by atoms with van der Waals surface area (Å²) in [5.41, 5.74) is 0. The van der Waals surface area contributed by atoms with Gasteiger partial charge in [-0.3, -0.25) is 14.4 Å². The molecule has 7 N–H and O–H groups in total. The monoisotopic (exact) mass is 1360 g/mol. The first-order chi connectivity index (χ1) is 45.5. The molecule has 8 aliphatic rings. The molecule has 16 atom stereocenters. The molecule has 0 spiro atoms. The van der Waals surface area contributed by atoms with Gasteiger partial charge in [-0.25, -0.2) is 47.9 Å². The molecular weight excluding hydrogens is 1300 g/mol.